The van der Waals surface area contributed by atoms with Gasteiger partial charge in [-0.15, -0.1) is 5.06 Å². The molecular formula is C35H37N4O8+. The molecule has 2 N–H and O–H groups in total. The van der Waals surface area contributed by atoms with Gasteiger partial charge in [0.2, 0.25) is 5.36 Å². The van der Waals surface area contributed by atoms with Crippen LogP contribution in [0, 0.1) is 0 Å². The van der Waals surface area contributed by atoms with Crippen LogP contribution < -0.4 is 20.1 Å². The van der Waals surface area contributed by atoms with Gasteiger partial charge in [-0.05, 0) is 54.8 Å². The minimum Gasteiger partial charge on any atom is -0.478 e. The Hall–Kier alpha value is -5.52. The molecule has 0 saturated carbocycles. The van der Waals surface area contributed by atoms with Crippen molar-refractivity contribution in [2.45, 2.75) is 38.5 Å². The van der Waals surface area contributed by atoms with E-state index in [4.69, 9.17) is 9.25 Å². The zero-order chi connectivity index (χ0) is 33.8. The zero-order valence-electron chi connectivity index (χ0n) is 26.8. The lowest BCUT2D eigenvalue weighted by molar-refractivity contribution is -0.197. The number of nitrogens with one attached hydrogen (secondary N) is 1. The van der Waals surface area contributed by atoms with Gasteiger partial charge in [0.25, 0.3) is 17.7 Å². The van der Waals surface area contributed by atoms with E-state index in [1.54, 1.807) is 6.07 Å². The fourth-order valence-corrected chi connectivity index (χ4v) is 5.47. The van der Waals surface area contributed by atoms with Crippen LogP contribution in [-0.4, -0.2) is 74.6 Å². The average molecular weight is 642 g/mol. The number of aromatic carboxylic acids is 1. The number of carboxylic acid groups (broad SMARTS) is 1. The van der Waals surface area contributed by atoms with Crippen molar-refractivity contribution in [1.29, 1.82) is 0 Å². The summed E-state index contributed by atoms with van der Waals surface area (Å²) in [5.74, 6) is -2.62. The van der Waals surface area contributed by atoms with Crippen molar-refractivity contribution in [3.8, 4) is 22.5 Å². The van der Waals surface area contributed by atoms with Gasteiger partial charge in [0, 0.05) is 79.8 Å². The SMILES string of the molecule is CN(C)c1ccc2c(-c3cc(C(=O)NCCCCCC(=O)ON4C(=O)CCC4=O)ccc3C(=O)O)c3ccc(=[N+](C)C)cc-3oc2c1. The second kappa shape index (κ2) is 13.9. The number of carbonyl (C=O) groups is 5. The Morgan fingerprint density at radius 2 is 1.68 bits per heavy atom. The Morgan fingerprint density at radius 3 is 2.36 bits per heavy atom. The number of rotatable bonds is 11. The van der Waals surface area contributed by atoms with Crippen molar-refractivity contribution >= 4 is 46.3 Å². The Kier molecular flexibility index (Phi) is 9.69. The molecule has 2 heterocycles. The van der Waals surface area contributed by atoms with E-state index in [2.05, 4.69) is 5.32 Å². The van der Waals surface area contributed by atoms with Gasteiger partial charge in [0.1, 0.15) is 25.4 Å². The second-order valence-corrected chi connectivity index (χ2v) is 11.8. The van der Waals surface area contributed by atoms with Crippen LogP contribution in [0.4, 0.5) is 5.69 Å². The highest BCUT2D eigenvalue weighted by Crippen LogP contribution is 2.42. The number of carboxylic acids is 1. The summed E-state index contributed by atoms with van der Waals surface area (Å²) in [6.45, 7) is 0.323. The Bertz CT molecular complexity index is 1920. The van der Waals surface area contributed by atoms with Crippen molar-refractivity contribution in [3.63, 3.8) is 0 Å². The lowest BCUT2D eigenvalue weighted by Gasteiger charge is -2.19. The number of hydrogen-bond acceptors (Lipinski definition) is 8. The first-order valence-corrected chi connectivity index (χ1v) is 15.4. The first-order valence-electron chi connectivity index (χ1n) is 15.4. The summed E-state index contributed by atoms with van der Waals surface area (Å²) in [7, 11) is 7.70. The molecule has 244 valence electrons. The fraction of sp³-hybridized carbons (Fsp3) is 0.314. The van der Waals surface area contributed by atoms with Gasteiger partial charge in [-0.25, -0.2) is 14.2 Å². The second-order valence-electron chi connectivity index (χ2n) is 11.8. The lowest BCUT2D eigenvalue weighted by atomic mass is 9.89. The predicted molar refractivity (Wildman–Crippen MR) is 175 cm³/mol. The van der Waals surface area contributed by atoms with Crippen LogP contribution in [0.15, 0.2) is 59.0 Å². The van der Waals surface area contributed by atoms with Crippen LogP contribution >= 0.6 is 0 Å². The van der Waals surface area contributed by atoms with E-state index in [-0.39, 0.29) is 30.7 Å². The molecule has 0 unspecified atom stereocenters. The number of anilines is 1. The highest BCUT2D eigenvalue weighted by Gasteiger charge is 2.32. The van der Waals surface area contributed by atoms with Crippen LogP contribution in [0.5, 0.6) is 0 Å². The maximum absolute atomic E-state index is 13.2. The van der Waals surface area contributed by atoms with Crippen molar-refractivity contribution in [2.24, 2.45) is 0 Å². The quantitative estimate of drug-likeness (QED) is 0.108. The molecule has 0 aromatic heterocycles. The Balaban J connectivity index is 1.37. The average Bonchev–Trinajstić information content (AvgIpc) is 3.36. The Labute approximate surface area is 271 Å². The minimum absolute atomic E-state index is 0.0301. The summed E-state index contributed by atoms with van der Waals surface area (Å²) in [5, 5.41) is 15.2. The van der Waals surface area contributed by atoms with Crippen LogP contribution in [0.25, 0.3) is 33.4 Å². The molecule has 2 aromatic rings. The van der Waals surface area contributed by atoms with Gasteiger partial charge >= 0.3 is 11.9 Å². The molecule has 3 amide bonds. The summed E-state index contributed by atoms with van der Waals surface area (Å²) in [4.78, 5) is 67.8. The first kappa shape index (κ1) is 32.9. The van der Waals surface area contributed by atoms with Crippen molar-refractivity contribution in [3.05, 3.63) is 71.1 Å². The number of imide groups is 1. The minimum atomic E-state index is -1.12. The monoisotopic (exact) mass is 641 g/mol. The summed E-state index contributed by atoms with van der Waals surface area (Å²) >= 11 is 0. The lowest BCUT2D eigenvalue weighted by Crippen LogP contribution is -2.31. The molecule has 5 rings (SSSR count). The first-order chi connectivity index (χ1) is 22.4. The van der Waals surface area contributed by atoms with E-state index >= 15 is 0 Å². The predicted octanol–water partition coefficient (Wildman–Crippen LogP) is 3.90. The van der Waals surface area contributed by atoms with Gasteiger partial charge in [0.15, 0.2) is 0 Å². The van der Waals surface area contributed by atoms with Crippen molar-refractivity contribution < 1.29 is 38.3 Å². The molecule has 12 heteroatoms. The third kappa shape index (κ3) is 7.16. The van der Waals surface area contributed by atoms with Gasteiger partial charge in [-0.3, -0.25) is 14.4 Å². The van der Waals surface area contributed by atoms with Crippen molar-refractivity contribution in [2.75, 3.05) is 39.6 Å². The zero-order valence-corrected chi connectivity index (χ0v) is 26.8. The smallest absolute Gasteiger partial charge is 0.336 e. The topological polar surface area (TPSA) is 149 Å². The fourth-order valence-electron chi connectivity index (χ4n) is 5.47. The molecule has 0 spiro atoms. The van der Waals surface area contributed by atoms with E-state index in [1.807, 2.05) is 74.1 Å². The molecule has 1 aliphatic carbocycles. The maximum Gasteiger partial charge on any atom is 0.336 e. The third-order valence-electron chi connectivity index (χ3n) is 8.05. The number of hydrogen-bond donors (Lipinski definition) is 2. The molecule has 47 heavy (non-hydrogen) atoms. The molecule has 0 bridgehead atoms. The molecular weight excluding hydrogens is 604 g/mol. The number of benzene rings is 3. The van der Waals surface area contributed by atoms with E-state index in [1.165, 1.54) is 12.1 Å². The van der Waals surface area contributed by atoms with Gasteiger partial charge in [-0.2, -0.15) is 0 Å². The highest BCUT2D eigenvalue weighted by atomic mass is 16.7. The largest absolute Gasteiger partial charge is 0.478 e. The molecule has 1 saturated heterocycles. The normalized spacial score (nSPS) is 12.9. The molecule has 0 atom stereocenters. The Morgan fingerprint density at radius 1 is 0.936 bits per heavy atom. The molecule has 2 aliphatic heterocycles. The third-order valence-corrected chi connectivity index (χ3v) is 8.05. The van der Waals surface area contributed by atoms with Crippen LogP contribution in [0.3, 0.4) is 0 Å². The maximum atomic E-state index is 13.2. The van der Waals surface area contributed by atoms with Gasteiger partial charge < -0.3 is 24.6 Å². The summed E-state index contributed by atoms with van der Waals surface area (Å²) in [5.41, 5.74) is 3.57. The number of nitrogens with zero attached hydrogens (tertiary/aromatic N) is 3. The van der Waals surface area contributed by atoms with Gasteiger partial charge in [-0.1, -0.05) is 6.42 Å². The van der Waals surface area contributed by atoms with E-state index < -0.39 is 23.8 Å². The van der Waals surface area contributed by atoms with Crippen molar-refractivity contribution in [1.82, 2.24) is 15.0 Å². The number of hydroxylamine groups is 2. The number of amides is 3. The van der Waals surface area contributed by atoms with E-state index in [0.717, 1.165) is 11.0 Å². The number of carbonyl (C=O) groups excluding carboxylic acids is 4. The van der Waals surface area contributed by atoms with Crippen LogP contribution in [-0.2, 0) is 19.2 Å². The van der Waals surface area contributed by atoms with Gasteiger partial charge in [0.05, 0.1) is 11.6 Å². The standard InChI is InChI=1S/C35H36N4O8/c1-37(2)22-10-13-25-28(19-22)46-29-20-23(38(3)4)11-14-26(29)33(25)27-18-21(9-12-24(27)35(44)45)34(43)36-17-7-5-6-8-32(42)47-39-30(40)15-16-31(39)41/h9-14,18-20H,5-8,15-17H2,1-4H3,(H-,36,43,44,45)/p+1. The summed E-state index contributed by atoms with van der Waals surface area (Å²) in [6.07, 6.45) is 1.72. The van der Waals surface area contributed by atoms with E-state index in [0.29, 0.717) is 69.9 Å². The number of unbranched alkanes of at least 4 members (excludes halogenated alkanes) is 2. The molecule has 0 radical (unpaired) electrons. The number of fused-ring (bicyclic) bond motifs is 2. The molecule has 12 nitrogen and oxygen atoms in total. The summed E-state index contributed by atoms with van der Waals surface area (Å²) < 4.78 is 8.32. The van der Waals surface area contributed by atoms with Crippen LogP contribution in [0.2, 0.25) is 0 Å². The highest BCUT2D eigenvalue weighted by molar-refractivity contribution is 6.09. The molecule has 2 aromatic carbocycles. The van der Waals surface area contributed by atoms with Crippen LogP contribution in [0.1, 0.15) is 59.2 Å². The molecule has 1 fully saturated rings. The molecule has 3 aliphatic rings. The summed E-state index contributed by atoms with van der Waals surface area (Å²) in [6, 6.07) is 16.0. The van der Waals surface area contributed by atoms with E-state index in [9.17, 15) is 29.1 Å².